The van der Waals surface area contributed by atoms with Crippen molar-refractivity contribution < 1.29 is 0 Å². The smallest absolute Gasteiger partial charge is 0.00951 e. The first-order valence-electron chi connectivity index (χ1n) is 55.1. The molecule has 5 aliphatic carbocycles. The highest BCUT2D eigenvalue weighted by atomic mass is 15.3. The maximum atomic E-state index is 2.69. The SMILES string of the molecule is CC.CC.CC.CC.CC.CC.CC.CC.CC.CC.CC.CC(C)N(C)CC1CC2(CCCCC2)C1.CC(C)N(C)CC1CC2(CCN(C)CC2)C1.CC(C)N1CC2(CCCN(C)C2)C1.CC(C)N1CCC2(CCCN(C)C2)CC1.CC(C)N1CCCC2(CCCC2)CC1.CC(C)N1CCCC2(CCN(C)CC2)C1.CC1CCC(N(C)C(C)C)CC1. The Hall–Kier alpha value is -0.440. The third-order valence-electron chi connectivity index (χ3n) is 30.1. The fourth-order valence-electron chi connectivity index (χ4n) is 22.0. The van der Waals surface area contributed by atoms with Crippen LogP contribution < -0.4 is 0 Å². The molecule has 11 nitrogen and oxygen atoms in total. The van der Waals surface area contributed by atoms with Crippen LogP contribution in [-0.2, 0) is 0 Å². The molecule has 0 atom stereocenters. The maximum Gasteiger partial charge on any atom is 0.00951 e. The molecule has 0 aromatic rings. The number of hydrogen-bond acceptors (Lipinski definition) is 11. The van der Waals surface area contributed by atoms with Crippen molar-refractivity contribution in [1.82, 2.24) is 53.9 Å². The van der Waals surface area contributed by atoms with Gasteiger partial charge in [0, 0.05) is 99.6 Å². The molecule has 8 aliphatic heterocycles. The minimum absolute atomic E-state index is 0.676. The van der Waals surface area contributed by atoms with E-state index < -0.39 is 0 Å². The van der Waals surface area contributed by atoms with Crippen LogP contribution in [0.5, 0.6) is 0 Å². The van der Waals surface area contributed by atoms with E-state index in [0.717, 1.165) is 64.2 Å². The van der Waals surface area contributed by atoms with Crippen molar-refractivity contribution in [3.05, 3.63) is 0 Å². The number of rotatable bonds is 12. The second kappa shape index (κ2) is 75.0. The molecule has 742 valence electrons. The standard InChI is InChI=1S/C14H28N2.C14H27N.2C13H26N2.C13H25N.C11H22N2.C11H23N.11C2H6/c1-12(2)16(4)11-13-9-14(10-13)5-7-15(3)8-6-14;1-12(2)15(3)11-13-9-14(10-13)7-5-4-6-8-14;1-12(2)15-8-4-5-13(11-15)6-9-14(3)10-7-13;1-12(2)15-9-6-13(7-10-15)5-4-8-14(3)11-13;1-12(2)14-10-5-8-13(9-11-14)6-3-4-7-13;1-10(2)13-8-11(9-13)5-4-6-12(3)7-11;1-9(2)12(4)11-7-5-10(3)6-8-11;11*1-2/h12-13H,5-11H2,1-4H3;12-13H,4-11H2,1-3H3;2*12H,4-11H2,1-3H3;12H,3-11H2,1-2H3;10H,4-9H2,1-3H3;9-11H,5-8H2,1-4H3;11*1-2H3. The van der Waals surface area contributed by atoms with E-state index >= 15 is 0 Å². The molecule has 11 heteroatoms. The van der Waals surface area contributed by atoms with Crippen molar-refractivity contribution in [3.63, 3.8) is 0 Å². The van der Waals surface area contributed by atoms with Gasteiger partial charge in [-0.15, -0.1) is 0 Å². The third-order valence-corrected chi connectivity index (χ3v) is 30.1. The van der Waals surface area contributed by atoms with E-state index in [1.807, 2.05) is 152 Å². The largest absolute Gasteiger partial charge is 0.306 e. The molecule has 13 rings (SSSR count). The van der Waals surface area contributed by atoms with Gasteiger partial charge in [0.05, 0.1) is 0 Å². The molecule has 6 spiro atoms. The van der Waals surface area contributed by atoms with E-state index in [1.54, 1.807) is 0 Å². The first-order valence-corrected chi connectivity index (χ1v) is 55.1. The molecule has 13 aliphatic rings. The Balaban J connectivity index is -0.000000420. The van der Waals surface area contributed by atoms with Crippen molar-refractivity contribution in [2.75, 3.05) is 167 Å². The van der Waals surface area contributed by atoms with Gasteiger partial charge in [-0.3, -0.25) is 4.90 Å². The van der Waals surface area contributed by atoms with Gasteiger partial charge in [-0.1, -0.05) is 191 Å². The molecule has 0 bridgehead atoms. The summed E-state index contributed by atoms with van der Waals surface area (Å²) in [5, 5.41) is 0. The molecule has 0 unspecified atom stereocenters. The molecule has 13 fully saturated rings. The van der Waals surface area contributed by atoms with Crippen LogP contribution in [0.4, 0.5) is 0 Å². The first kappa shape index (κ1) is 130. The molecular weight excluding hydrogens is 1490 g/mol. The molecule has 122 heavy (non-hydrogen) atoms. The zero-order valence-corrected chi connectivity index (χ0v) is 93.6. The lowest BCUT2D eigenvalue weighted by Crippen LogP contribution is -2.63. The summed E-state index contributed by atoms with van der Waals surface area (Å²) in [4.78, 5) is 28.2. The van der Waals surface area contributed by atoms with E-state index in [9.17, 15) is 0 Å². The summed E-state index contributed by atoms with van der Waals surface area (Å²) in [5.41, 5.74) is 4.39. The van der Waals surface area contributed by atoms with Gasteiger partial charge < -0.3 is 49.0 Å². The van der Waals surface area contributed by atoms with Crippen LogP contribution in [0.1, 0.15) is 462 Å². The number of hydrogen-bond donors (Lipinski definition) is 0. The fourth-order valence-corrected chi connectivity index (χ4v) is 22.0. The quantitative estimate of drug-likeness (QED) is 0.188. The van der Waals surface area contributed by atoms with Gasteiger partial charge in [0.1, 0.15) is 0 Å². The molecular formula is C111H243N11. The lowest BCUT2D eigenvalue weighted by molar-refractivity contribution is -0.0638. The van der Waals surface area contributed by atoms with Gasteiger partial charge in [-0.05, 0) is 436 Å². The zero-order valence-electron chi connectivity index (χ0n) is 93.6. The summed E-state index contributed by atoms with van der Waals surface area (Å²) >= 11 is 0. The van der Waals surface area contributed by atoms with Crippen molar-refractivity contribution in [3.8, 4) is 0 Å². The normalized spacial score (nSPS) is 24.3. The number of nitrogens with zero attached hydrogens (tertiary/aromatic N) is 11. The Morgan fingerprint density at radius 2 is 0.508 bits per heavy atom. The Morgan fingerprint density at radius 3 is 0.861 bits per heavy atom. The highest BCUT2D eigenvalue weighted by Gasteiger charge is 2.48. The van der Waals surface area contributed by atoms with Crippen LogP contribution in [0, 0.1) is 50.2 Å². The average molecular weight is 1730 g/mol. The lowest BCUT2D eigenvalue weighted by atomic mass is 9.56. The van der Waals surface area contributed by atoms with E-state index in [0.29, 0.717) is 34.4 Å². The summed E-state index contributed by atoms with van der Waals surface area (Å²) in [6.07, 6.45) is 47.1. The number of piperidine rings is 6. The second-order valence-electron chi connectivity index (χ2n) is 40.6. The molecule has 0 radical (unpaired) electrons. The van der Waals surface area contributed by atoms with Gasteiger partial charge in [0.25, 0.3) is 0 Å². The van der Waals surface area contributed by atoms with E-state index in [2.05, 4.69) is 207 Å². The molecule has 0 amide bonds. The van der Waals surface area contributed by atoms with E-state index in [1.165, 1.54) is 323 Å². The van der Waals surface area contributed by atoms with Gasteiger partial charge in [-0.2, -0.15) is 0 Å². The minimum atomic E-state index is 0.676. The third kappa shape index (κ3) is 49.9. The lowest BCUT2D eigenvalue weighted by Gasteiger charge is -2.55. The van der Waals surface area contributed by atoms with Crippen molar-refractivity contribution in [2.45, 2.75) is 510 Å². The van der Waals surface area contributed by atoms with Crippen molar-refractivity contribution in [1.29, 1.82) is 0 Å². The highest BCUT2D eigenvalue weighted by Crippen LogP contribution is 2.56. The van der Waals surface area contributed by atoms with E-state index in [4.69, 9.17) is 0 Å². The first-order chi connectivity index (χ1) is 58.3. The average Bonchev–Trinajstić information content (AvgIpc) is 0.922. The summed E-state index contributed by atoms with van der Waals surface area (Å²) in [5.74, 6) is 2.97. The summed E-state index contributed by atoms with van der Waals surface area (Å²) in [6, 6.07) is 5.97. The van der Waals surface area contributed by atoms with Crippen LogP contribution in [0.25, 0.3) is 0 Å². The fraction of sp³-hybridized carbons (Fsp3) is 1.00. The summed E-state index contributed by atoms with van der Waals surface area (Å²) in [7, 11) is 15.9. The molecule has 8 heterocycles. The molecule has 0 aromatic carbocycles. The Morgan fingerprint density at radius 1 is 0.246 bits per heavy atom. The monoisotopic (exact) mass is 1730 g/mol. The highest BCUT2D eigenvalue weighted by molar-refractivity contribution is 5.01. The molecule has 0 N–H and O–H groups in total. The van der Waals surface area contributed by atoms with Crippen LogP contribution in [-0.4, -0.2) is 269 Å². The zero-order chi connectivity index (χ0) is 95.1. The minimum Gasteiger partial charge on any atom is -0.306 e. The van der Waals surface area contributed by atoms with Crippen LogP contribution in [0.3, 0.4) is 0 Å². The summed E-state index contributed by atoms with van der Waals surface area (Å²) in [6.45, 7) is 103. The molecule has 0 aromatic heterocycles. The Bertz CT molecular complexity index is 2160. The van der Waals surface area contributed by atoms with Crippen LogP contribution in [0.2, 0.25) is 0 Å². The predicted molar refractivity (Wildman–Crippen MR) is 562 cm³/mol. The van der Waals surface area contributed by atoms with Gasteiger partial charge in [-0.25, -0.2) is 0 Å². The van der Waals surface area contributed by atoms with E-state index in [-0.39, 0.29) is 0 Å². The van der Waals surface area contributed by atoms with Crippen LogP contribution in [0.15, 0.2) is 0 Å². The second-order valence-corrected chi connectivity index (χ2v) is 40.6. The van der Waals surface area contributed by atoms with Crippen molar-refractivity contribution >= 4 is 0 Å². The molecule has 5 saturated carbocycles. The molecule has 8 saturated heterocycles. The topological polar surface area (TPSA) is 35.6 Å². The maximum absolute atomic E-state index is 2.69. The van der Waals surface area contributed by atoms with Crippen molar-refractivity contribution in [2.24, 2.45) is 50.2 Å². The Labute approximate surface area is 776 Å². The number of likely N-dealkylation sites (tertiary alicyclic amines) is 8. The van der Waals surface area contributed by atoms with Gasteiger partial charge >= 0.3 is 0 Å². The predicted octanol–water partition coefficient (Wildman–Crippen LogP) is 29.6. The van der Waals surface area contributed by atoms with Crippen LogP contribution >= 0.6 is 0 Å². The Kier molecular flexibility index (Phi) is 80.0. The van der Waals surface area contributed by atoms with Gasteiger partial charge in [0.15, 0.2) is 0 Å². The van der Waals surface area contributed by atoms with Gasteiger partial charge in [0.2, 0.25) is 0 Å². The summed E-state index contributed by atoms with van der Waals surface area (Å²) < 4.78 is 0.